The Morgan fingerprint density at radius 2 is 1.96 bits per heavy atom. The minimum atomic E-state index is 0. The topological polar surface area (TPSA) is 66.0 Å². The number of guanidine groups is 1. The van der Waals surface area contributed by atoms with Crippen molar-refractivity contribution in [3.63, 3.8) is 0 Å². The van der Waals surface area contributed by atoms with Gasteiger partial charge in [0.1, 0.15) is 12.3 Å². The van der Waals surface area contributed by atoms with Crippen molar-refractivity contribution in [2.75, 3.05) is 39.8 Å². The standard InChI is InChI=1S/C19H30N4O2.HI/c1-4-20-19(22-14-18(24)23-11-7-8-12-23)21-13-15(2)16-9-5-6-10-17(16)25-3;/h5-6,9-10,15H,4,7-8,11-14H2,1-3H3,(H2,20,21,22);1H. The summed E-state index contributed by atoms with van der Waals surface area (Å²) in [6.07, 6.45) is 2.20. The number of carbonyl (C=O) groups excluding carboxylic acids is 1. The van der Waals surface area contributed by atoms with E-state index >= 15 is 0 Å². The lowest BCUT2D eigenvalue weighted by Gasteiger charge is -2.19. The monoisotopic (exact) mass is 474 g/mol. The van der Waals surface area contributed by atoms with Crippen LogP contribution in [0.3, 0.4) is 0 Å². The molecule has 0 saturated carbocycles. The molecular formula is C19H31IN4O2. The van der Waals surface area contributed by atoms with Gasteiger partial charge in [0.2, 0.25) is 5.91 Å². The van der Waals surface area contributed by atoms with E-state index in [1.807, 2.05) is 30.0 Å². The van der Waals surface area contributed by atoms with E-state index in [1.165, 1.54) is 0 Å². The molecule has 0 spiro atoms. The third-order valence-electron chi connectivity index (χ3n) is 4.42. The molecule has 1 aromatic rings. The summed E-state index contributed by atoms with van der Waals surface area (Å²) in [5.41, 5.74) is 1.15. The number of benzene rings is 1. The fraction of sp³-hybridized carbons (Fsp3) is 0.579. The molecule has 1 aromatic carbocycles. The van der Waals surface area contributed by atoms with Gasteiger partial charge in [-0.05, 0) is 31.4 Å². The number of carbonyl (C=O) groups is 1. The second kappa shape index (κ2) is 12.0. The molecule has 1 atom stereocenters. The molecule has 0 aromatic heterocycles. The van der Waals surface area contributed by atoms with Crippen molar-refractivity contribution in [1.82, 2.24) is 15.5 Å². The normalized spacial score (nSPS) is 15.2. The van der Waals surface area contributed by atoms with Crippen LogP contribution in [-0.4, -0.2) is 56.6 Å². The Morgan fingerprint density at radius 3 is 2.62 bits per heavy atom. The minimum Gasteiger partial charge on any atom is -0.496 e. The second-order valence-corrected chi connectivity index (χ2v) is 6.31. The first-order valence-electron chi connectivity index (χ1n) is 9.08. The molecular weight excluding hydrogens is 443 g/mol. The average Bonchev–Trinajstić information content (AvgIpc) is 3.18. The van der Waals surface area contributed by atoms with Gasteiger partial charge < -0.3 is 20.3 Å². The molecule has 0 radical (unpaired) electrons. The van der Waals surface area contributed by atoms with Crippen molar-refractivity contribution in [3.8, 4) is 5.75 Å². The Morgan fingerprint density at radius 1 is 1.27 bits per heavy atom. The van der Waals surface area contributed by atoms with Crippen molar-refractivity contribution >= 4 is 35.8 Å². The zero-order valence-corrected chi connectivity index (χ0v) is 18.3. The summed E-state index contributed by atoms with van der Waals surface area (Å²) in [6, 6.07) is 8.03. The van der Waals surface area contributed by atoms with Gasteiger partial charge in [-0.15, -0.1) is 24.0 Å². The van der Waals surface area contributed by atoms with Crippen LogP contribution in [0.15, 0.2) is 29.3 Å². The highest BCUT2D eigenvalue weighted by atomic mass is 127. The fourth-order valence-electron chi connectivity index (χ4n) is 2.99. The van der Waals surface area contributed by atoms with Gasteiger partial charge >= 0.3 is 0 Å². The fourth-order valence-corrected chi connectivity index (χ4v) is 2.99. The number of hydrogen-bond donors (Lipinski definition) is 2. The number of hydrogen-bond acceptors (Lipinski definition) is 3. The largest absolute Gasteiger partial charge is 0.496 e. The van der Waals surface area contributed by atoms with E-state index in [9.17, 15) is 4.79 Å². The maximum atomic E-state index is 12.1. The second-order valence-electron chi connectivity index (χ2n) is 6.31. The van der Waals surface area contributed by atoms with Crippen molar-refractivity contribution in [1.29, 1.82) is 0 Å². The molecule has 6 nitrogen and oxygen atoms in total. The van der Waals surface area contributed by atoms with Crippen LogP contribution in [0, 0.1) is 0 Å². The lowest BCUT2D eigenvalue weighted by atomic mass is 10.0. The van der Waals surface area contributed by atoms with Crippen LogP contribution in [0.2, 0.25) is 0 Å². The summed E-state index contributed by atoms with van der Waals surface area (Å²) in [5, 5.41) is 6.53. The number of nitrogens with one attached hydrogen (secondary N) is 2. The Bertz CT molecular complexity index is 589. The van der Waals surface area contributed by atoms with Crippen LogP contribution < -0.4 is 15.4 Å². The highest BCUT2D eigenvalue weighted by Crippen LogP contribution is 2.25. The molecule has 26 heavy (non-hydrogen) atoms. The van der Waals surface area contributed by atoms with Crippen LogP contribution in [0.1, 0.15) is 38.2 Å². The molecule has 1 saturated heterocycles. The van der Waals surface area contributed by atoms with Crippen LogP contribution in [0.25, 0.3) is 0 Å². The number of aliphatic imine (C=N–C) groups is 1. The van der Waals surface area contributed by atoms with Crippen LogP contribution in [-0.2, 0) is 4.79 Å². The molecule has 0 bridgehead atoms. The highest BCUT2D eigenvalue weighted by molar-refractivity contribution is 14.0. The first-order valence-corrected chi connectivity index (χ1v) is 9.08. The van der Waals surface area contributed by atoms with E-state index in [-0.39, 0.29) is 42.3 Å². The van der Waals surface area contributed by atoms with Gasteiger partial charge in [0, 0.05) is 32.1 Å². The molecule has 1 fully saturated rings. The summed E-state index contributed by atoms with van der Waals surface area (Å²) >= 11 is 0. The molecule has 1 aliphatic heterocycles. The zero-order valence-electron chi connectivity index (χ0n) is 16.0. The van der Waals surface area contributed by atoms with Crippen molar-refractivity contribution in [2.45, 2.75) is 32.6 Å². The number of amides is 1. The van der Waals surface area contributed by atoms with Gasteiger partial charge in [0.15, 0.2) is 5.96 Å². The molecule has 146 valence electrons. The summed E-state index contributed by atoms with van der Waals surface area (Å²) in [6.45, 7) is 7.55. The van der Waals surface area contributed by atoms with Crippen LogP contribution in [0.5, 0.6) is 5.75 Å². The van der Waals surface area contributed by atoms with Gasteiger partial charge in [0.25, 0.3) is 0 Å². The molecule has 2 N–H and O–H groups in total. The smallest absolute Gasteiger partial charge is 0.244 e. The van der Waals surface area contributed by atoms with E-state index in [0.717, 1.165) is 43.8 Å². The van der Waals surface area contributed by atoms with Gasteiger partial charge in [0.05, 0.1) is 7.11 Å². The van der Waals surface area contributed by atoms with E-state index in [1.54, 1.807) is 7.11 Å². The van der Waals surface area contributed by atoms with E-state index in [4.69, 9.17) is 4.74 Å². The Labute approximate surface area is 173 Å². The van der Waals surface area contributed by atoms with E-state index in [2.05, 4.69) is 28.6 Å². The Hall–Kier alpha value is -1.51. The Balaban J connectivity index is 0.00000338. The van der Waals surface area contributed by atoms with Gasteiger partial charge in [-0.3, -0.25) is 4.79 Å². The van der Waals surface area contributed by atoms with E-state index in [0.29, 0.717) is 12.5 Å². The number of methoxy groups -OCH3 is 1. The van der Waals surface area contributed by atoms with Crippen molar-refractivity contribution in [2.24, 2.45) is 4.99 Å². The predicted octanol–water partition coefficient (Wildman–Crippen LogP) is 2.59. The summed E-state index contributed by atoms with van der Waals surface area (Å²) < 4.78 is 5.43. The quantitative estimate of drug-likeness (QED) is 0.362. The molecule has 1 heterocycles. The molecule has 1 aliphatic rings. The number of nitrogens with zero attached hydrogens (tertiary/aromatic N) is 2. The molecule has 7 heteroatoms. The first kappa shape index (κ1) is 22.5. The lowest BCUT2D eigenvalue weighted by Crippen LogP contribution is -2.40. The molecule has 0 aliphatic carbocycles. The minimum absolute atomic E-state index is 0. The summed E-state index contributed by atoms with van der Waals surface area (Å²) in [5.74, 6) is 1.93. The number of rotatable bonds is 7. The summed E-state index contributed by atoms with van der Waals surface area (Å²) in [4.78, 5) is 18.5. The third kappa shape index (κ3) is 6.66. The SMILES string of the molecule is CCNC(=NCC(=O)N1CCCC1)NCC(C)c1ccccc1OC.I. The van der Waals surface area contributed by atoms with Crippen molar-refractivity contribution in [3.05, 3.63) is 29.8 Å². The average molecular weight is 474 g/mol. The lowest BCUT2D eigenvalue weighted by molar-refractivity contribution is -0.128. The van der Waals surface area contributed by atoms with Gasteiger partial charge in [-0.1, -0.05) is 25.1 Å². The number of likely N-dealkylation sites (tertiary alicyclic amines) is 1. The predicted molar refractivity (Wildman–Crippen MR) is 117 cm³/mol. The maximum absolute atomic E-state index is 12.1. The first-order chi connectivity index (χ1) is 12.2. The van der Waals surface area contributed by atoms with Gasteiger partial charge in [-0.2, -0.15) is 0 Å². The summed E-state index contributed by atoms with van der Waals surface area (Å²) in [7, 11) is 1.69. The Kier molecular flexibility index (Phi) is 10.4. The highest BCUT2D eigenvalue weighted by Gasteiger charge is 2.17. The molecule has 1 unspecified atom stereocenters. The van der Waals surface area contributed by atoms with Crippen LogP contribution >= 0.6 is 24.0 Å². The zero-order chi connectivity index (χ0) is 18.1. The van der Waals surface area contributed by atoms with Crippen LogP contribution in [0.4, 0.5) is 0 Å². The van der Waals surface area contributed by atoms with Crippen molar-refractivity contribution < 1.29 is 9.53 Å². The number of ether oxygens (including phenoxy) is 1. The number of para-hydroxylation sites is 1. The maximum Gasteiger partial charge on any atom is 0.244 e. The van der Waals surface area contributed by atoms with E-state index < -0.39 is 0 Å². The van der Waals surface area contributed by atoms with Gasteiger partial charge in [-0.25, -0.2) is 4.99 Å². The molecule has 2 rings (SSSR count). The molecule has 1 amide bonds. The number of halogens is 1. The third-order valence-corrected chi connectivity index (χ3v) is 4.42.